The number of carbonyl (C=O) groups excluding carboxylic acids is 3. The van der Waals surface area contributed by atoms with Gasteiger partial charge in [0.1, 0.15) is 16.8 Å². The molecule has 2 amide bonds. The molecule has 0 aromatic heterocycles. The Morgan fingerprint density at radius 3 is 1.40 bits per heavy atom. The van der Waals surface area contributed by atoms with Crippen molar-refractivity contribution in [3.8, 4) is 0 Å². The van der Waals surface area contributed by atoms with E-state index in [1.54, 1.807) is 62.3 Å². The second-order valence-electron chi connectivity index (χ2n) is 9.27. The van der Waals surface area contributed by atoms with Crippen LogP contribution in [-0.4, -0.2) is 45.9 Å². The summed E-state index contributed by atoms with van der Waals surface area (Å²) in [7, 11) is 0. The molecule has 0 aromatic rings. The average Bonchev–Trinajstić information content (AvgIpc) is 3.01. The molecular weight excluding hydrogens is 326 g/mol. The van der Waals surface area contributed by atoms with Gasteiger partial charge in [0.2, 0.25) is 0 Å². The van der Waals surface area contributed by atoms with Crippen LogP contribution in [0.3, 0.4) is 0 Å². The highest BCUT2D eigenvalue weighted by Crippen LogP contribution is 2.39. The quantitative estimate of drug-likeness (QED) is 0.551. The first-order valence-corrected chi connectivity index (χ1v) is 8.48. The largest absolute Gasteiger partial charge is 0.460 e. The molecule has 0 radical (unpaired) electrons. The lowest BCUT2D eigenvalue weighted by atomic mass is 10.2. The smallest absolute Gasteiger partial charge is 0.420 e. The van der Waals surface area contributed by atoms with Crippen LogP contribution in [0.1, 0.15) is 68.7 Å². The van der Waals surface area contributed by atoms with Crippen molar-refractivity contribution in [3.63, 3.8) is 0 Å². The summed E-state index contributed by atoms with van der Waals surface area (Å²) in [6.07, 6.45) is -1.30. The van der Waals surface area contributed by atoms with Gasteiger partial charge in [0.15, 0.2) is 0 Å². The minimum absolute atomic E-state index is 0.341. The van der Waals surface area contributed by atoms with E-state index in [0.717, 1.165) is 4.90 Å². The molecule has 1 aliphatic rings. The van der Waals surface area contributed by atoms with E-state index in [9.17, 15) is 14.4 Å². The lowest BCUT2D eigenvalue weighted by Gasteiger charge is -2.29. The molecule has 0 spiro atoms. The molecule has 25 heavy (non-hydrogen) atoms. The summed E-state index contributed by atoms with van der Waals surface area (Å²) in [5, 5.41) is 0. The molecule has 0 aromatic carbocycles. The van der Waals surface area contributed by atoms with Crippen LogP contribution >= 0.6 is 0 Å². The van der Waals surface area contributed by atoms with E-state index in [1.807, 2.05) is 0 Å². The minimum atomic E-state index is -0.821. The van der Waals surface area contributed by atoms with Crippen molar-refractivity contribution in [2.45, 2.75) is 91.6 Å². The molecule has 0 saturated heterocycles. The Labute approximate surface area is 150 Å². The first-order valence-electron chi connectivity index (χ1n) is 8.48. The predicted molar refractivity (Wildman–Crippen MR) is 92.0 cm³/mol. The fourth-order valence-electron chi connectivity index (χ4n) is 2.07. The van der Waals surface area contributed by atoms with Crippen molar-refractivity contribution in [2.75, 3.05) is 0 Å². The molecule has 1 fully saturated rings. The fourth-order valence-corrected chi connectivity index (χ4v) is 2.07. The topological polar surface area (TPSA) is 82.1 Å². The first-order chi connectivity index (χ1) is 11.0. The van der Waals surface area contributed by atoms with Crippen molar-refractivity contribution < 1.29 is 28.6 Å². The van der Waals surface area contributed by atoms with Gasteiger partial charge < -0.3 is 14.2 Å². The van der Waals surface area contributed by atoms with E-state index in [-0.39, 0.29) is 0 Å². The summed E-state index contributed by atoms with van der Waals surface area (Å²) >= 11 is 0. The standard InChI is InChI=1S/C18H31NO6/c1-16(2,3)23-13(20)11-10-12(11)19(14(21)24-17(4,5)6)15(22)25-18(7,8)9/h11-12H,10H2,1-9H3/t11-,12-/m1/s1. The van der Waals surface area contributed by atoms with Gasteiger partial charge in [0.05, 0.1) is 12.0 Å². The number of ether oxygens (including phenoxy) is 3. The Kier molecular flexibility index (Phi) is 5.82. The molecular formula is C18H31NO6. The number of hydrogen-bond acceptors (Lipinski definition) is 6. The van der Waals surface area contributed by atoms with E-state index in [1.165, 1.54) is 0 Å². The summed E-state index contributed by atoms with van der Waals surface area (Å²) in [5.74, 6) is -0.992. The van der Waals surface area contributed by atoms with E-state index in [2.05, 4.69) is 0 Å². The van der Waals surface area contributed by atoms with Crippen molar-refractivity contribution in [3.05, 3.63) is 0 Å². The SMILES string of the molecule is CC(C)(C)OC(=O)[C@@H]1C[C@H]1N(C(=O)OC(C)(C)C)C(=O)OC(C)(C)C. The van der Waals surface area contributed by atoms with E-state index < -0.39 is 46.9 Å². The lowest BCUT2D eigenvalue weighted by Crippen LogP contribution is -2.46. The van der Waals surface area contributed by atoms with Gasteiger partial charge in [-0.1, -0.05) is 0 Å². The Hall–Kier alpha value is -1.79. The first kappa shape index (κ1) is 21.3. The highest BCUT2D eigenvalue weighted by molar-refractivity contribution is 5.91. The van der Waals surface area contributed by atoms with Gasteiger partial charge >= 0.3 is 18.2 Å². The average molecular weight is 357 g/mol. The summed E-state index contributed by atoms with van der Waals surface area (Å²) in [4.78, 5) is 38.0. The number of amides is 2. The van der Waals surface area contributed by atoms with E-state index >= 15 is 0 Å². The number of imide groups is 1. The second-order valence-corrected chi connectivity index (χ2v) is 9.27. The maximum Gasteiger partial charge on any atom is 0.420 e. The normalized spacial score (nSPS) is 20.5. The highest BCUT2D eigenvalue weighted by atomic mass is 16.6. The molecule has 7 nitrogen and oxygen atoms in total. The molecule has 0 N–H and O–H groups in total. The molecule has 1 saturated carbocycles. The monoisotopic (exact) mass is 357 g/mol. The van der Waals surface area contributed by atoms with Crippen LogP contribution in [0, 0.1) is 5.92 Å². The van der Waals surface area contributed by atoms with Crippen LogP contribution < -0.4 is 0 Å². The Morgan fingerprint density at radius 2 is 1.08 bits per heavy atom. The van der Waals surface area contributed by atoms with Gasteiger partial charge in [0.25, 0.3) is 0 Å². The molecule has 2 atom stereocenters. The van der Waals surface area contributed by atoms with E-state index in [4.69, 9.17) is 14.2 Å². The number of carbonyl (C=O) groups is 3. The summed E-state index contributed by atoms with van der Waals surface area (Å²) < 4.78 is 15.9. The van der Waals surface area contributed by atoms with Crippen LogP contribution in [0.5, 0.6) is 0 Å². The molecule has 1 rings (SSSR count). The van der Waals surface area contributed by atoms with Crippen LogP contribution in [-0.2, 0) is 19.0 Å². The summed E-state index contributed by atoms with van der Waals surface area (Å²) in [6, 6.07) is -0.612. The molecule has 0 unspecified atom stereocenters. The number of esters is 1. The van der Waals surface area contributed by atoms with Gasteiger partial charge in [0, 0.05) is 0 Å². The van der Waals surface area contributed by atoms with Crippen molar-refractivity contribution >= 4 is 18.2 Å². The van der Waals surface area contributed by atoms with Gasteiger partial charge in [-0.2, -0.15) is 0 Å². The number of hydrogen-bond donors (Lipinski definition) is 0. The van der Waals surface area contributed by atoms with Gasteiger partial charge in [-0.25, -0.2) is 14.5 Å². The maximum absolute atomic E-state index is 12.5. The van der Waals surface area contributed by atoms with Crippen molar-refractivity contribution in [1.29, 1.82) is 0 Å². The molecule has 0 aliphatic heterocycles. The lowest BCUT2D eigenvalue weighted by molar-refractivity contribution is -0.156. The Bertz CT molecular complexity index is 507. The van der Waals surface area contributed by atoms with Crippen LogP contribution in [0.25, 0.3) is 0 Å². The molecule has 0 heterocycles. The fraction of sp³-hybridized carbons (Fsp3) is 0.833. The third-order valence-corrected chi connectivity index (χ3v) is 2.98. The number of rotatable bonds is 2. The zero-order valence-corrected chi connectivity index (χ0v) is 16.8. The van der Waals surface area contributed by atoms with Gasteiger partial charge in [-0.15, -0.1) is 0 Å². The Morgan fingerprint density at radius 1 is 0.720 bits per heavy atom. The summed E-state index contributed by atoms with van der Waals surface area (Å²) in [5.41, 5.74) is -2.17. The highest BCUT2D eigenvalue weighted by Gasteiger charge is 2.54. The third kappa shape index (κ3) is 7.32. The summed E-state index contributed by atoms with van der Waals surface area (Å²) in [6.45, 7) is 15.5. The van der Waals surface area contributed by atoms with Gasteiger partial charge in [-0.05, 0) is 68.7 Å². The predicted octanol–water partition coefficient (Wildman–Crippen LogP) is 3.89. The maximum atomic E-state index is 12.5. The second kappa shape index (κ2) is 6.84. The van der Waals surface area contributed by atoms with Gasteiger partial charge in [-0.3, -0.25) is 4.79 Å². The minimum Gasteiger partial charge on any atom is -0.460 e. The zero-order chi connectivity index (χ0) is 19.8. The van der Waals surface area contributed by atoms with E-state index in [0.29, 0.717) is 6.42 Å². The number of nitrogens with zero attached hydrogens (tertiary/aromatic N) is 1. The van der Waals surface area contributed by atoms with Crippen molar-refractivity contribution in [2.24, 2.45) is 5.92 Å². The molecule has 1 aliphatic carbocycles. The van der Waals surface area contributed by atoms with Crippen LogP contribution in [0.4, 0.5) is 9.59 Å². The third-order valence-electron chi connectivity index (χ3n) is 2.98. The van der Waals surface area contributed by atoms with Crippen LogP contribution in [0.15, 0.2) is 0 Å². The molecule has 144 valence electrons. The molecule has 0 bridgehead atoms. The Balaban J connectivity index is 2.92. The zero-order valence-electron chi connectivity index (χ0n) is 16.8. The van der Waals surface area contributed by atoms with Crippen LogP contribution in [0.2, 0.25) is 0 Å². The molecule has 7 heteroatoms. The van der Waals surface area contributed by atoms with Crippen molar-refractivity contribution in [1.82, 2.24) is 4.90 Å².